The van der Waals surface area contributed by atoms with Crippen LogP contribution in [0.1, 0.15) is 0 Å². The van der Waals surface area contributed by atoms with Crippen molar-refractivity contribution in [1.82, 2.24) is 23.6 Å². The highest BCUT2D eigenvalue weighted by Crippen LogP contribution is 2.21. The zero-order valence-corrected chi connectivity index (χ0v) is 18.1. The van der Waals surface area contributed by atoms with Crippen molar-refractivity contribution in [2.75, 3.05) is 44.7 Å². The Morgan fingerprint density at radius 3 is 2.39 bits per heavy atom. The van der Waals surface area contributed by atoms with E-state index in [1.165, 1.54) is 11.6 Å². The van der Waals surface area contributed by atoms with Crippen molar-refractivity contribution >= 4 is 17.1 Å². The van der Waals surface area contributed by atoms with Gasteiger partial charge in [-0.2, -0.15) is 4.98 Å². The first kappa shape index (κ1) is 21.1. The van der Waals surface area contributed by atoms with Crippen LogP contribution >= 0.6 is 0 Å². The van der Waals surface area contributed by atoms with Gasteiger partial charge in [-0.25, -0.2) is 4.79 Å². The molecule has 166 valence electrons. The van der Waals surface area contributed by atoms with E-state index in [4.69, 9.17) is 4.74 Å². The Morgan fingerprint density at radius 1 is 1.03 bits per heavy atom. The Balaban J connectivity index is 1.71. The topological polar surface area (TPSA) is 97.8 Å². The summed E-state index contributed by atoms with van der Waals surface area (Å²) in [6, 6.07) is 9.26. The molecule has 1 atom stereocenters. The molecule has 1 saturated heterocycles. The maximum atomic E-state index is 13.0. The summed E-state index contributed by atoms with van der Waals surface area (Å²) in [5.74, 6) is 1.25. The lowest BCUT2D eigenvalue weighted by atomic mass is 10.3. The van der Waals surface area contributed by atoms with E-state index in [1.807, 2.05) is 30.3 Å². The summed E-state index contributed by atoms with van der Waals surface area (Å²) >= 11 is 0. The van der Waals surface area contributed by atoms with E-state index in [2.05, 4.69) is 21.8 Å². The summed E-state index contributed by atoms with van der Waals surface area (Å²) in [4.78, 5) is 34.4. The fourth-order valence-electron chi connectivity index (χ4n) is 3.83. The van der Waals surface area contributed by atoms with Crippen molar-refractivity contribution < 1.29 is 9.84 Å². The first-order chi connectivity index (χ1) is 14.9. The van der Waals surface area contributed by atoms with E-state index in [1.54, 1.807) is 11.6 Å². The monoisotopic (exact) mass is 428 g/mol. The molecule has 31 heavy (non-hydrogen) atoms. The summed E-state index contributed by atoms with van der Waals surface area (Å²) in [7, 11) is 5.11. The molecule has 0 unspecified atom stereocenters. The third-order valence-electron chi connectivity index (χ3n) is 5.69. The van der Waals surface area contributed by atoms with Crippen LogP contribution < -0.4 is 20.9 Å². The normalized spacial score (nSPS) is 16.1. The van der Waals surface area contributed by atoms with E-state index in [-0.39, 0.29) is 13.2 Å². The van der Waals surface area contributed by atoms with Gasteiger partial charge >= 0.3 is 5.69 Å². The average Bonchev–Trinajstić information content (AvgIpc) is 3.15. The lowest BCUT2D eigenvalue weighted by molar-refractivity contribution is 0.0935. The first-order valence-corrected chi connectivity index (χ1v) is 10.3. The van der Waals surface area contributed by atoms with Crippen LogP contribution in [0.3, 0.4) is 0 Å². The van der Waals surface area contributed by atoms with Crippen LogP contribution in [0.2, 0.25) is 0 Å². The van der Waals surface area contributed by atoms with Gasteiger partial charge in [-0.3, -0.25) is 13.9 Å². The summed E-state index contributed by atoms with van der Waals surface area (Å²) in [5.41, 5.74) is -0.238. The van der Waals surface area contributed by atoms with Gasteiger partial charge in [0, 0.05) is 40.3 Å². The molecule has 10 nitrogen and oxygen atoms in total. The Hall–Kier alpha value is -3.11. The minimum Gasteiger partial charge on any atom is -0.491 e. The molecule has 1 fully saturated rings. The van der Waals surface area contributed by atoms with Crippen molar-refractivity contribution in [3.8, 4) is 5.75 Å². The van der Waals surface area contributed by atoms with Crippen LogP contribution in [-0.2, 0) is 20.6 Å². The number of aliphatic hydroxyl groups excluding tert-OH is 1. The Bertz CT molecular complexity index is 1170. The number of hydrogen-bond donors (Lipinski definition) is 1. The van der Waals surface area contributed by atoms with Gasteiger partial charge < -0.3 is 24.2 Å². The predicted molar refractivity (Wildman–Crippen MR) is 118 cm³/mol. The number of likely N-dealkylation sites (N-methyl/N-ethyl adjacent to an activating group) is 1. The zero-order chi connectivity index (χ0) is 22.1. The lowest BCUT2D eigenvalue weighted by Gasteiger charge is -2.33. The first-order valence-electron chi connectivity index (χ1n) is 10.3. The largest absolute Gasteiger partial charge is 0.491 e. The SMILES string of the molecule is CN1CCN(c2nc3c(c(=O)n(C)c(=O)n3C)n2C[C@H](O)COc2ccccc2)CC1. The van der Waals surface area contributed by atoms with Gasteiger partial charge in [0.2, 0.25) is 5.95 Å². The van der Waals surface area contributed by atoms with Crippen molar-refractivity contribution in [1.29, 1.82) is 0 Å². The van der Waals surface area contributed by atoms with E-state index < -0.39 is 17.4 Å². The number of ether oxygens (including phenoxy) is 1. The van der Waals surface area contributed by atoms with E-state index >= 15 is 0 Å². The fraction of sp³-hybridized carbons (Fsp3) is 0.476. The molecule has 1 aliphatic rings. The number of aromatic nitrogens is 4. The minimum absolute atomic E-state index is 0.0674. The molecule has 3 aromatic rings. The number of benzene rings is 1. The molecule has 4 rings (SSSR count). The molecule has 0 saturated carbocycles. The molecule has 2 aromatic heterocycles. The molecule has 1 N–H and O–H groups in total. The Morgan fingerprint density at radius 2 is 1.71 bits per heavy atom. The molecular weight excluding hydrogens is 400 g/mol. The molecule has 1 aromatic carbocycles. The second-order valence-corrected chi connectivity index (χ2v) is 7.97. The van der Waals surface area contributed by atoms with Gasteiger partial charge in [0.25, 0.3) is 5.56 Å². The van der Waals surface area contributed by atoms with Crippen LogP contribution in [0.25, 0.3) is 11.2 Å². The molecule has 10 heteroatoms. The van der Waals surface area contributed by atoms with Crippen LogP contribution in [0.4, 0.5) is 5.95 Å². The number of aliphatic hydroxyl groups is 1. The minimum atomic E-state index is -0.870. The number of piperazine rings is 1. The van der Waals surface area contributed by atoms with E-state index in [9.17, 15) is 14.7 Å². The van der Waals surface area contributed by atoms with E-state index in [0.717, 1.165) is 30.7 Å². The highest BCUT2D eigenvalue weighted by molar-refractivity contribution is 5.74. The highest BCUT2D eigenvalue weighted by atomic mass is 16.5. The van der Waals surface area contributed by atoms with Gasteiger partial charge in [0.1, 0.15) is 18.5 Å². The molecule has 0 aliphatic carbocycles. The molecular formula is C21H28N6O4. The smallest absolute Gasteiger partial charge is 0.332 e. The van der Waals surface area contributed by atoms with Crippen LogP contribution in [0.5, 0.6) is 5.75 Å². The number of anilines is 1. The van der Waals surface area contributed by atoms with Gasteiger partial charge in [0.15, 0.2) is 11.2 Å². The van der Waals surface area contributed by atoms with Crippen molar-refractivity contribution in [2.45, 2.75) is 12.6 Å². The molecule has 3 heterocycles. The molecule has 0 bridgehead atoms. The van der Waals surface area contributed by atoms with Gasteiger partial charge in [-0.15, -0.1) is 0 Å². The summed E-state index contributed by atoms with van der Waals surface area (Å²) in [6.45, 7) is 3.39. The second kappa shape index (κ2) is 8.56. The van der Waals surface area contributed by atoms with Gasteiger partial charge in [-0.1, -0.05) is 18.2 Å². The number of aryl methyl sites for hydroxylation is 1. The van der Waals surface area contributed by atoms with Crippen LogP contribution in [0.15, 0.2) is 39.9 Å². The van der Waals surface area contributed by atoms with Crippen molar-refractivity contribution in [3.63, 3.8) is 0 Å². The highest BCUT2D eigenvalue weighted by Gasteiger charge is 2.26. The number of nitrogens with zero attached hydrogens (tertiary/aromatic N) is 6. The maximum Gasteiger partial charge on any atom is 0.332 e. The molecule has 0 amide bonds. The molecule has 0 radical (unpaired) electrons. The van der Waals surface area contributed by atoms with Crippen molar-refractivity contribution in [2.24, 2.45) is 14.1 Å². The fourth-order valence-corrected chi connectivity index (χ4v) is 3.83. The molecule has 1 aliphatic heterocycles. The van der Waals surface area contributed by atoms with Gasteiger partial charge in [-0.05, 0) is 19.2 Å². The van der Waals surface area contributed by atoms with Crippen LogP contribution in [0, 0.1) is 0 Å². The lowest BCUT2D eigenvalue weighted by Crippen LogP contribution is -2.45. The third-order valence-corrected chi connectivity index (χ3v) is 5.69. The number of fused-ring (bicyclic) bond motifs is 1. The summed E-state index contributed by atoms with van der Waals surface area (Å²) in [6.07, 6.45) is -0.870. The number of hydrogen-bond acceptors (Lipinski definition) is 7. The number of imidazole rings is 1. The van der Waals surface area contributed by atoms with E-state index in [0.29, 0.717) is 22.9 Å². The predicted octanol–water partition coefficient (Wildman–Crippen LogP) is -0.375. The zero-order valence-electron chi connectivity index (χ0n) is 18.1. The van der Waals surface area contributed by atoms with Crippen LogP contribution in [-0.4, -0.2) is 74.6 Å². The number of para-hydroxylation sites is 1. The van der Waals surface area contributed by atoms with Gasteiger partial charge in [0.05, 0.1) is 6.54 Å². The standard InChI is InChI=1S/C21H28N6O4/c1-23-9-11-26(12-10-23)20-22-18-17(19(29)25(3)21(30)24(18)2)27(20)13-15(28)14-31-16-7-5-4-6-8-16/h4-8,15,28H,9-14H2,1-3H3/t15-/m0/s1. The van der Waals surface area contributed by atoms with Crippen molar-refractivity contribution in [3.05, 3.63) is 51.2 Å². The third kappa shape index (κ3) is 4.08. The average molecular weight is 428 g/mol. The quantitative estimate of drug-likeness (QED) is 0.572. The molecule has 0 spiro atoms. The Labute approximate surface area is 179 Å². The Kier molecular flexibility index (Phi) is 5.84. The maximum absolute atomic E-state index is 13.0. The number of rotatable bonds is 6. The summed E-state index contributed by atoms with van der Waals surface area (Å²) < 4.78 is 9.85. The summed E-state index contributed by atoms with van der Waals surface area (Å²) in [5, 5.41) is 10.7. The second-order valence-electron chi connectivity index (χ2n) is 7.97.